The monoisotopic (exact) mass is 462 g/mol. The molecule has 2 aromatic rings. The Labute approximate surface area is 165 Å². The van der Waals surface area contributed by atoms with Crippen LogP contribution in [0.3, 0.4) is 0 Å². The van der Waals surface area contributed by atoms with Crippen LogP contribution in [0.5, 0.6) is 11.5 Å². The van der Waals surface area contributed by atoms with Crippen LogP contribution in [0, 0.1) is 0 Å². The van der Waals surface area contributed by atoms with E-state index in [1.165, 1.54) is 6.07 Å². The lowest BCUT2D eigenvalue weighted by Gasteiger charge is -2.26. The van der Waals surface area contributed by atoms with Gasteiger partial charge in [-0.1, -0.05) is 18.2 Å². The van der Waals surface area contributed by atoms with Gasteiger partial charge in [0.15, 0.2) is 5.75 Å². The topological polar surface area (TPSA) is 83.8 Å². The van der Waals surface area contributed by atoms with Crippen molar-refractivity contribution in [1.82, 2.24) is 0 Å². The van der Waals surface area contributed by atoms with Gasteiger partial charge in [-0.15, -0.1) is 0 Å². The molecule has 0 spiro atoms. The molecular weight excluding hydrogens is 455 g/mol. The van der Waals surface area contributed by atoms with Gasteiger partial charge in [0.25, 0.3) is 0 Å². The minimum atomic E-state index is -6.40. The van der Waals surface area contributed by atoms with Gasteiger partial charge in [0.2, 0.25) is 0 Å². The summed E-state index contributed by atoms with van der Waals surface area (Å²) in [5.74, 6) is -8.49. The molecule has 0 aliphatic rings. The third-order valence-electron chi connectivity index (χ3n) is 3.70. The number of carbonyl (C=O) groups is 2. The van der Waals surface area contributed by atoms with E-state index < -0.39 is 69.8 Å². The third-order valence-corrected chi connectivity index (χ3v) is 3.70. The molecule has 168 valence electrons. The van der Waals surface area contributed by atoms with Gasteiger partial charge >= 0.3 is 30.5 Å². The molecule has 5 nitrogen and oxygen atoms in total. The first-order valence-corrected chi connectivity index (χ1v) is 7.63. The van der Waals surface area contributed by atoms with Crippen LogP contribution in [0.15, 0.2) is 30.3 Å². The summed E-state index contributed by atoms with van der Waals surface area (Å²) in [6.45, 7) is 0. The van der Waals surface area contributed by atoms with E-state index in [1.54, 1.807) is 0 Å². The highest BCUT2D eigenvalue weighted by atomic mass is 19.4. The molecule has 0 heterocycles. The van der Waals surface area contributed by atoms with Crippen LogP contribution in [-0.4, -0.2) is 22.2 Å². The number of carboxylic acids is 2. The lowest BCUT2D eigenvalue weighted by Crippen LogP contribution is -2.29. The normalized spacial score (nSPS) is 12.5. The largest absolute Gasteiger partial charge is 0.478 e. The van der Waals surface area contributed by atoms with Gasteiger partial charge in [0.1, 0.15) is 16.9 Å². The maximum absolute atomic E-state index is 13.6. The van der Waals surface area contributed by atoms with Crippen molar-refractivity contribution in [2.45, 2.75) is 18.5 Å². The number of hydrogen-bond donors (Lipinski definition) is 2. The highest BCUT2D eigenvalue weighted by Crippen LogP contribution is 2.53. The summed E-state index contributed by atoms with van der Waals surface area (Å²) in [4.78, 5) is 22.9. The molecule has 0 saturated heterocycles. The van der Waals surface area contributed by atoms with Gasteiger partial charge in [-0.25, -0.2) is 9.59 Å². The second kappa shape index (κ2) is 7.67. The molecule has 2 aromatic carbocycles. The first-order chi connectivity index (χ1) is 14.0. The van der Waals surface area contributed by atoms with Crippen molar-refractivity contribution in [3.63, 3.8) is 0 Å². The van der Waals surface area contributed by atoms with Crippen molar-refractivity contribution in [3.05, 3.63) is 58.1 Å². The number of hydrogen-bond acceptors (Lipinski definition) is 3. The van der Waals surface area contributed by atoms with Crippen LogP contribution >= 0.6 is 0 Å². The lowest BCUT2D eigenvalue weighted by atomic mass is 9.88. The van der Waals surface area contributed by atoms with E-state index in [9.17, 15) is 54.2 Å². The molecule has 0 fully saturated rings. The molecule has 0 radical (unpaired) electrons. The molecule has 2 N–H and O–H groups in total. The highest BCUT2D eigenvalue weighted by molar-refractivity contribution is 6.06. The van der Waals surface area contributed by atoms with Crippen molar-refractivity contribution in [1.29, 1.82) is 0 Å². The SMILES string of the molecule is O=C(O)c1c(Oc2ccccc2)c(C(F)(F)F)c(C(F)(F)F)c(C(F)(F)F)c1C(=O)O. The predicted octanol–water partition coefficient (Wildman–Crippen LogP) is 5.93. The van der Waals surface area contributed by atoms with Gasteiger partial charge in [0, 0.05) is 0 Å². The minimum Gasteiger partial charge on any atom is -0.478 e. The second-order valence-corrected chi connectivity index (χ2v) is 5.72. The van der Waals surface area contributed by atoms with Crippen LogP contribution < -0.4 is 4.74 Å². The summed E-state index contributed by atoms with van der Waals surface area (Å²) < 4.78 is 126. The summed E-state index contributed by atoms with van der Waals surface area (Å²) in [6.07, 6.45) is -18.9. The molecule has 0 amide bonds. The van der Waals surface area contributed by atoms with Gasteiger partial charge in [-0.05, 0) is 12.1 Å². The maximum Gasteiger partial charge on any atom is 0.420 e. The quantitative estimate of drug-likeness (QED) is 0.551. The Morgan fingerprint density at radius 1 is 0.645 bits per heavy atom. The van der Waals surface area contributed by atoms with E-state index >= 15 is 0 Å². The van der Waals surface area contributed by atoms with E-state index in [-0.39, 0.29) is 0 Å². The van der Waals surface area contributed by atoms with Crippen LogP contribution in [0.25, 0.3) is 0 Å². The van der Waals surface area contributed by atoms with Gasteiger partial charge in [-0.2, -0.15) is 39.5 Å². The number of halogens is 9. The number of aromatic carboxylic acids is 2. The Morgan fingerprint density at radius 2 is 1.06 bits per heavy atom. The number of benzene rings is 2. The number of rotatable bonds is 4. The molecule has 0 atom stereocenters. The standard InChI is InChI=1S/C17H7F9O5/c18-15(19,20)9-7(13(27)28)8(14(29)30)12(31-6-4-2-1-3-5-6)11(17(24,25)26)10(9)16(21,22)23/h1-5H,(H,27,28)(H,29,30). The molecule has 0 aliphatic carbocycles. The van der Waals surface area contributed by atoms with Gasteiger partial charge in [0.05, 0.1) is 16.7 Å². The number of ether oxygens (including phenoxy) is 1. The first-order valence-electron chi connectivity index (χ1n) is 7.63. The Morgan fingerprint density at radius 3 is 1.42 bits per heavy atom. The first kappa shape index (κ1) is 23.8. The van der Waals surface area contributed by atoms with Crippen LogP contribution in [0.1, 0.15) is 37.4 Å². The molecular formula is C17H7F9O5. The van der Waals surface area contributed by atoms with Crippen LogP contribution in [0.2, 0.25) is 0 Å². The van der Waals surface area contributed by atoms with Crippen LogP contribution in [-0.2, 0) is 18.5 Å². The zero-order chi connectivity index (χ0) is 23.9. The third kappa shape index (κ3) is 4.67. The minimum absolute atomic E-state index is 0.695. The molecule has 14 heteroatoms. The van der Waals surface area contributed by atoms with Crippen molar-refractivity contribution in [2.75, 3.05) is 0 Å². The summed E-state index contributed by atoms with van der Waals surface area (Å²) in [5, 5.41) is 18.3. The molecule has 0 saturated carbocycles. The molecule has 0 aliphatic heterocycles. The van der Waals surface area contributed by atoms with Crippen molar-refractivity contribution < 1.29 is 64.1 Å². The van der Waals surface area contributed by atoms with Crippen molar-refractivity contribution >= 4 is 11.9 Å². The zero-order valence-electron chi connectivity index (χ0n) is 14.4. The maximum atomic E-state index is 13.6. The van der Waals surface area contributed by atoms with E-state index in [0.29, 0.717) is 0 Å². The highest BCUT2D eigenvalue weighted by Gasteiger charge is 2.56. The Hall–Kier alpha value is -3.45. The fourth-order valence-corrected chi connectivity index (χ4v) is 2.69. The predicted molar refractivity (Wildman–Crippen MR) is 81.9 cm³/mol. The number of carboxylic acid groups (broad SMARTS) is 2. The zero-order valence-corrected chi connectivity index (χ0v) is 14.4. The van der Waals surface area contributed by atoms with Crippen molar-refractivity contribution in [3.8, 4) is 11.5 Å². The number of alkyl halides is 9. The smallest absolute Gasteiger partial charge is 0.420 e. The van der Waals surface area contributed by atoms with E-state index in [1.807, 2.05) is 0 Å². The Kier molecular flexibility index (Phi) is 5.89. The van der Waals surface area contributed by atoms with Gasteiger partial charge in [-0.3, -0.25) is 0 Å². The summed E-state index contributed by atoms with van der Waals surface area (Å²) in [7, 11) is 0. The molecule has 0 aromatic heterocycles. The Bertz CT molecular complexity index is 1020. The Balaban J connectivity index is 3.27. The summed E-state index contributed by atoms with van der Waals surface area (Å²) in [6, 6.07) is 5.21. The fraction of sp³-hybridized carbons (Fsp3) is 0.176. The fourth-order valence-electron chi connectivity index (χ4n) is 2.69. The van der Waals surface area contributed by atoms with E-state index in [0.717, 1.165) is 24.3 Å². The van der Waals surface area contributed by atoms with E-state index in [2.05, 4.69) is 4.74 Å². The average Bonchev–Trinajstić information content (AvgIpc) is 2.58. The molecule has 0 unspecified atom stereocenters. The summed E-state index contributed by atoms with van der Waals surface area (Å²) >= 11 is 0. The van der Waals surface area contributed by atoms with Gasteiger partial charge < -0.3 is 14.9 Å². The lowest BCUT2D eigenvalue weighted by molar-refractivity contribution is -0.175. The van der Waals surface area contributed by atoms with E-state index in [4.69, 9.17) is 5.11 Å². The summed E-state index contributed by atoms with van der Waals surface area (Å²) in [5.41, 5.74) is -14.7. The second-order valence-electron chi connectivity index (χ2n) is 5.72. The molecule has 31 heavy (non-hydrogen) atoms. The molecule has 2 rings (SSSR count). The number of para-hydroxylation sites is 1. The molecule has 0 bridgehead atoms. The van der Waals surface area contributed by atoms with Crippen LogP contribution in [0.4, 0.5) is 39.5 Å². The average molecular weight is 462 g/mol. The van der Waals surface area contributed by atoms with Crippen molar-refractivity contribution in [2.24, 2.45) is 0 Å².